The van der Waals surface area contributed by atoms with Gasteiger partial charge in [0.2, 0.25) is 5.91 Å². The molecule has 0 saturated carbocycles. The molecule has 118 valence electrons. The van der Waals surface area contributed by atoms with E-state index in [0.29, 0.717) is 11.7 Å². The van der Waals surface area contributed by atoms with Crippen molar-refractivity contribution >= 4 is 22.4 Å². The van der Waals surface area contributed by atoms with Gasteiger partial charge in [0.15, 0.2) is 5.13 Å². The SMILES string of the molecule is COCCN1CCN(CC(=O)Nc2nc(C)c(C)s2)CC1. The number of anilines is 1. The normalized spacial score (nSPS) is 17.1. The van der Waals surface area contributed by atoms with Gasteiger partial charge < -0.3 is 10.1 Å². The molecule has 0 unspecified atom stereocenters. The smallest absolute Gasteiger partial charge is 0.240 e. The number of rotatable bonds is 6. The lowest BCUT2D eigenvalue weighted by atomic mass is 10.3. The lowest BCUT2D eigenvalue weighted by Crippen LogP contribution is -2.49. The molecule has 6 nitrogen and oxygen atoms in total. The molecule has 1 aliphatic rings. The average Bonchev–Trinajstić information content (AvgIpc) is 2.76. The highest BCUT2D eigenvalue weighted by molar-refractivity contribution is 7.15. The van der Waals surface area contributed by atoms with Crippen LogP contribution in [0.4, 0.5) is 5.13 Å². The second-order valence-corrected chi connectivity index (χ2v) is 6.52. The zero-order valence-electron chi connectivity index (χ0n) is 13.0. The zero-order valence-corrected chi connectivity index (χ0v) is 13.8. The van der Waals surface area contributed by atoms with Crippen LogP contribution in [0.2, 0.25) is 0 Å². The number of thiazole rings is 1. The van der Waals surface area contributed by atoms with E-state index in [1.165, 1.54) is 11.3 Å². The highest BCUT2D eigenvalue weighted by Gasteiger charge is 2.19. The van der Waals surface area contributed by atoms with Crippen LogP contribution in [-0.4, -0.2) is 73.7 Å². The summed E-state index contributed by atoms with van der Waals surface area (Å²) in [4.78, 5) is 22.1. The number of ether oxygens (including phenoxy) is 1. The first-order valence-electron chi connectivity index (χ1n) is 7.26. The maximum Gasteiger partial charge on any atom is 0.240 e. The molecule has 2 rings (SSSR count). The van der Waals surface area contributed by atoms with Gasteiger partial charge in [0.1, 0.15) is 0 Å². The summed E-state index contributed by atoms with van der Waals surface area (Å²) in [6.45, 7) is 9.98. The monoisotopic (exact) mass is 312 g/mol. The van der Waals surface area contributed by atoms with E-state index in [4.69, 9.17) is 4.74 Å². The quantitative estimate of drug-likeness (QED) is 0.848. The number of nitrogens with one attached hydrogen (secondary N) is 1. The summed E-state index contributed by atoms with van der Waals surface area (Å²) in [5.41, 5.74) is 0.988. The first kappa shape index (κ1) is 16.4. The fraction of sp³-hybridized carbons (Fsp3) is 0.714. The molecular formula is C14H24N4O2S. The Bertz CT molecular complexity index is 450. The first-order valence-corrected chi connectivity index (χ1v) is 8.07. The van der Waals surface area contributed by atoms with Crippen LogP contribution < -0.4 is 5.32 Å². The minimum atomic E-state index is 0.0223. The second-order valence-electron chi connectivity index (χ2n) is 5.32. The Morgan fingerprint density at radius 2 is 1.95 bits per heavy atom. The molecule has 0 radical (unpaired) electrons. The van der Waals surface area contributed by atoms with Gasteiger partial charge in [0.05, 0.1) is 18.8 Å². The van der Waals surface area contributed by atoms with E-state index >= 15 is 0 Å². The molecule has 7 heteroatoms. The summed E-state index contributed by atoms with van der Waals surface area (Å²) in [5, 5.41) is 3.59. The van der Waals surface area contributed by atoms with Crippen molar-refractivity contribution in [1.82, 2.24) is 14.8 Å². The number of amides is 1. The van der Waals surface area contributed by atoms with Crippen molar-refractivity contribution in [2.75, 3.05) is 58.3 Å². The van der Waals surface area contributed by atoms with Gasteiger partial charge in [-0.25, -0.2) is 4.98 Å². The number of piperazine rings is 1. The van der Waals surface area contributed by atoms with E-state index in [-0.39, 0.29) is 5.91 Å². The maximum atomic E-state index is 12.0. The summed E-state index contributed by atoms with van der Waals surface area (Å²) in [5.74, 6) is 0.0223. The number of carbonyl (C=O) groups excluding carboxylic acids is 1. The number of nitrogens with zero attached hydrogens (tertiary/aromatic N) is 3. The van der Waals surface area contributed by atoms with Crippen molar-refractivity contribution < 1.29 is 9.53 Å². The van der Waals surface area contributed by atoms with Crippen molar-refractivity contribution in [3.05, 3.63) is 10.6 Å². The van der Waals surface area contributed by atoms with Gasteiger partial charge in [0.25, 0.3) is 0 Å². The Balaban J connectivity index is 1.71. The predicted octanol–water partition coefficient (Wildman–Crippen LogP) is 0.962. The van der Waals surface area contributed by atoms with E-state index in [2.05, 4.69) is 20.1 Å². The van der Waals surface area contributed by atoms with Gasteiger partial charge in [0, 0.05) is 44.7 Å². The van der Waals surface area contributed by atoms with Crippen LogP contribution in [0.15, 0.2) is 0 Å². The fourth-order valence-corrected chi connectivity index (χ4v) is 3.11. The zero-order chi connectivity index (χ0) is 15.2. The molecule has 21 heavy (non-hydrogen) atoms. The van der Waals surface area contributed by atoms with Crippen molar-refractivity contribution in [1.29, 1.82) is 0 Å². The number of methoxy groups -OCH3 is 1. The summed E-state index contributed by atoms with van der Waals surface area (Å²) in [6, 6.07) is 0. The molecule has 1 amide bonds. The molecule has 0 bridgehead atoms. The van der Waals surface area contributed by atoms with Crippen molar-refractivity contribution in [3.8, 4) is 0 Å². The molecule has 1 N–H and O–H groups in total. The van der Waals surface area contributed by atoms with Crippen LogP contribution in [-0.2, 0) is 9.53 Å². The minimum Gasteiger partial charge on any atom is -0.383 e. The topological polar surface area (TPSA) is 57.7 Å². The molecule has 0 atom stereocenters. The Morgan fingerprint density at radius 1 is 1.29 bits per heavy atom. The van der Waals surface area contributed by atoms with Gasteiger partial charge in [-0.3, -0.25) is 14.6 Å². The van der Waals surface area contributed by atoms with Crippen LogP contribution in [0.25, 0.3) is 0 Å². The predicted molar refractivity (Wildman–Crippen MR) is 85.0 cm³/mol. The van der Waals surface area contributed by atoms with E-state index < -0.39 is 0 Å². The van der Waals surface area contributed by atoms with E-state index in [1.54, 1.807) is 7.11 Å². The van der Waals surface area contributed by atoms with Crippen LogP contribution in [0.5, 0.6) is 0 Å². The van der Waals surface area contributed by atoms with Crippen molar-refractivity contribution in [2.24, 2.45) is 0 Å². The highest BCUT2D eigenvalue weighted by Crippen LogP contribution is 2.20. The van der Waals surface area contributed by atoms with Crippen LogP contribution in [0, 0.1) is 13.8 Å². The standard InChI is InChI=1S/C14H24N4O2S/c1-11-12(2)21-14(15-11)16-13(19)10-18-6-4-17(5-7-18)8-9-20-3/h4-10H2,1-3H3,(H,15,16,19). The summed E-state index contributed by atoms with van der Waals surface area (Å²) in [6.07, 6.45) is 0. The summed E-state index contributed by atoms with van der Waals surface area (Å²) >= 11 is 1.53. The molecule has 1 aromatic rings. The molecule has 1 fully saturated rings. The average molecular weight is 312 g/mol. The summed E-state index contributed by atoms with van der Waals surface area (Å²) in [7, 11) is 1.72. The second kappa shape index (κ2) is 7.84. The molecule has 0 aliphatic carbocycles. The van der Waals surface area contributed by atoms with Gasteiger partial charge in [-0.15, -0.1) is 11.3 Å². The first-order chi connectivity index (χ1) is 10.1. The lowest BCUT2D eigenvalue weighted by molar-refractivity contribution is -0.117. The molecule has 1 aliphatic heterocycles. The minimum absolute atomic E-state index is 0.0223. The number of hydrogen-bond acceptors (Lipinski definition) is 6. The van der Waals surface area contributed by atoms with E-state index in [9.17, 15) is 4.79 Å². The van der Waals surface area contributed by atoms with Crippen LogP contribution in [0.3, 0.4) is 0 Å². The summed E-state index contributed by atoms with van der Waals surface area (Å²) < 4.78 is 5.09. The number of hydrogen-bond donors (Lipinski definition) is 1. The van der Waals surface area contributed by atoms with Crippen LogP contribution in [0.1, 0.15) is 10.6 Å². The molecule has 0 spiro atoms. The van der Waals surface area contributed by atoms with E-state index in [0.717, 1.165) is 49.9 Å². The van der Waals surface area contributed by atoms with Gasteiger partial charge in [-0.1, -0.05) is 0 Å². The number of aryl methyl sites for hydroxylation is 2. The third-order valence-corrected chi connectivity index (χ3v) is 4.71. The molecule has 1 aromatic heterocycles. The number of aromatic nitrogens is 1. The molecule has 2 heterocycles. The third kappa shape index (κ3) is 5.03. The van der Waals surface area contributed by atoms with Gasteiger partial charge in [-0.05, 0) is 13.8 Å². The third-order valence-electron chi connectivity index (χ3n) is 3.72. The Morgan fingerprint density at radius 3 is 2.52 bits per heavy atom. The number of carbonyl (C=O) groups is 1. The largest absolute Gasteiger partial charge is 0.383 e. The fourth-order valence-electron chi connectivity index (χ4n) is 2.28. The van der Waals surface area contributed by atoms with Gasteiger partial charge in [-0.2, -0.15) is 0 Å². The maximum absolute atomic E-state index is 12.0. The Kier molecular flexibility index (Phi) is 6.10. The van der Waals surface area contributed by atoms with Crippen molar-refractivity contribution in [2.45, 2.75) is 13.8 Å². The van der Waals surface area contributed by atoms with E-state index in [1.807, 2.05) is 13.8 Å². The lowest BCUT2D eigenvalue weighted by Gasteiger charge is -2.33. The van der Waals surface area contributed by atoms with Crippen LogP contribution >= 0.6 is 11.3 Å². The highest BCUT2D eigenvalue weighted by atomic mass is 32.1. The molecule has 0 aromatic carbocycles. The molecular weight excluding hydrogens is 288 g/mol. The Labute approximate surface area is 130 Å². The van der Waals surface area contributed by atoms with Gasteiger partial charge >= 0.3 is 0 Å². The molecule has 1 saturated heterocycles. The van der Waals surface area contributed by atoms with Crippen molar-refractivity contribution in [3.63, 3.8) is 0 Å². The Hall–Kier alpha value is -1.02.